The van der Waals surface area contributed by atoms with E-state index in [2.05, 4.69) is 40.5 Å². The topological polar surface area (TPSA) is 28.2 Å². The van der Waals surface area contributed by atoms with Gasteiger partial charge in [0.2, 0.25) is 0 Å². The van der Waals surface area contributed by atoms with Gasteiger partial charge in [-0.1, -0.05) is 30.3 Å². The highest BCUT2D eigenvalue weighted by molar-refractivity contribution is 7.15. The molecule has 1 N–H and O–H groups in total. The predicted octanol–water partition coefficient (Wildman–Crippen LogP) is 3.32. The minimum atomic E-state index is 0.701. The van der Waals surface area contributed by atoms with Crippen LogP contribution in [0.2, 0.25) is 0 Å². The van der Waals surface area contributed by atoms with Gasteiger partial charge < -0.3 is 5.32 Å². The third-order valence-corrected chi connectivity index (χ3v) is 5.29. The van der Waals surface area contributed by atoms with Crippen LogP contribution in [0.1, 0.15) is 29.0 Å². The molecule has 1 fully saturated rings. The van der Waals surface area contributed by atoms with Gasteiger partial charge in [-0.25, -0.2) is 4.98 Å². The largest absolute Gasteiger partial charge is 0.359 e. The molecule has 0 saturated heterocycles. The molecule has 1 saturated carbocycles. The fraction of sp³-hybridized carbons (Fsp3) is 0.471. The van der Waals surface area contributed by atoms with Gasteiger partial charge in [-0.3, -0.25) is 4.90 Å². The van der Waals surface area contributed by atoms with Gasteiger partial charge in [-0.15, -0.1) is 11.3 Å². The summed E-state index contributed by atoms with van der Waals surface area (Å²) in [6.45, 7) is 3.37. The second-order valence-corrected chi connectivity index (χ2v) is 7.15. The number of nitrogens with one attached hydrogen (secondary N) is 1. The molecule has 0 unspecified atom stereocenters. The first-order valence-corrected chi connectivity index (χ1v) is 8.70. The van der Waals surface area contributed by atoms with Crippen LogP contribution in [-0.2, 0) is 19.4 Å². The van der Waals surface area contributed by atoms with Crippen molar-refractivity contribution in [1.29, 1.82) is 0 Å². The van der Waals surface area contributed by atoms with Crippen LogP contribution in [0.4, 0.5) is 5.13 Å². The van der Waals surface area contributed by atoms with Crippen molar-refractivity contribution < 1.29 is 0 Å². The van der Waals surface area contributed by atoms with Crippen molar-refractivity contribution in [3.05, 3.63) is 46.5 Å². The molecule has 2 aliphatic rings. The summed E-state index contributed by atoms with van der Waals surface area (Å²) in [5, 5.41) is 4.68. The zero-order valence-corrected chi connectivity index (χ0v) is 13.0. The number of thiazole rings is 1. The molecule has 2 aromatic rings. The SMILES string of the molecule is c1ccc(CCN2CCc3nc(NC4CC4)sc3C2)cc1. The molecular formula is C17H21N3S. The van der Waals surface area contributed by atoms with Crippen LogP contribution in [-0.4, -0.2) is 29.0 Å². The average molecular weight is 299 g/mol. The summed E-state index contributed by atoms with van der Waals surface area (Å²) in [6, 6.07) is 11.5. The summed E-state index contributed by atoms with van der Waals surface area (Å²) < 4.78 is 0. The summed E-state index contributed by atoms with van der Waals surface area (Å²) in [4.78, 5) is 8.80. The lowest BCUT2D eigenvalue weighted by atomic mass is 10.1. The summed E-state index contributed by atoms with van der Waals surface area (Å²) >= 11 is 1.87. The van der Waals surface area contributed by atoms with Gasteiger partial charge in [-0.05, 0) is 24.8 Å². The lowest BCUT2D eigenvalue weighted by Crippen LogP contribution is -2.31. The highest BCUT2D eigenvalue weighted by atomic mass is 32.1. The normalized spacial score (nSPS) is 18.5. The lowest BCUT2D eigenvalue weighted by Gasteiger charge is -2.25. The van der Waals surface area contributed by atoms with Gasteiger partial charge >= 0.3 is 0 Å². The molecule has 1 aromatic heterocycles. The van der Waals surface area contributed by atoms with E-state index >= 15 is 0 Å². The van der Waals surface area contributed by atoms with E-state index in [1.165, 1.54) is 29.0 Å². The van der Waals surface area contributed by atoms with E-state index < -0.39 is 0 Å². The Morgan fingerprint density at radius 2 is 2.10 bits per heavy atom. The maximum absolute atomic E-state index is 4.76. The molecule has 21 heavy (non-hydrogen) atoms. The van der Waals surface area contributed by atoms with Crippen LogP contribution in [0, 0.1) is 0 Å². The number of aromatic nitrogens is 1. The van der Waals surface area contributed by atoms with Gasteiger partial charge in [0.05, 0.1) is 5.69 Å². The van der Waals surface area contributed by atoms with Crippen molar-refractivity contribution in [2.24, 2.45) is 0 Å². The summed E-state index contributed by atoms with van der Waals surface area (Å²) in [5.74, 6) is 0. The molecule has 1 aliphatic heterocycles. The Balaban J connectivity index is 1.36. The molecule has 0 bridgehead atoms. The van der Waals surface area contributed by atoms with Crippen molar-refractivity contribution in [2.45, 2.75) is 38.3 Å². The molecular weight excluding hydrogens is 278 g/mol. The van der Waals surface area contributed by atoms with Gasteiger partial charge in [-0.2, -0.15) is 0 Å². The molecule has 0 atom stereocenters. The van der Waals surface area contributed by atoms with Gasteiger partial charge in [0.15, 0.2) is 5.13 Å². The van der Waals surface area contributed by atoms with Crippen LogP contribution in [0.25, 0.3) is 0 Å². The fourth-order valence-corrected chi connectivity index (χ4v) is 3.96. The number of hydrogen-bond acceptors (Lipinski definition) is 4. The summed E-state index contributed by atoms with van der Waals surface area (Å²) in [6.07, 6.45) is 4.87. The van der Waals surface area contributed by atoms with E-state index in [1.807, 2.05) is 11.3 Å². The monoisotopic (exact) mass is 299 g/mol. The Bertz CT molecular complexity index is 604. The molecule has 1 aliphatic carbocycles. The van der Waals surface area contributed by atoms with Crippen LogP contribution in [0.15, 0.2) is 30.3 Å². The number of benzene rings is 1. The Labute approximate surface area is 130 Å². The highest BCUT2D eigenvalue weighted by Crippen LogP contribution is 2.32. The Kier molecular flexibility index (Phi) is 3.65. The van der Waals surface area contributed by atoms with Gasteiger partial charge in [0.25, 0.3) is 0 Å². The first kappa shape index (κ1) is 13.3. The molecule has 4 heteroatoms. The first-order chi connectivity index (χ1) is 10.4. The zero-order valence-electron chi connectivity index (χ0n) is 12.2. The average Bonchev–Trinajstić information content (AvgIpc) is 3.23. The van der Waals surface area contributed by atoms with Crippen molar-refractivity contribution in [2.75, 3.05) is 18.4 Å². The molecule has 110 valence electrons. The molecule has 0 radical (unpaired) electrons. The fourth-order valence-electron chi connectivity index (χ4n) is 2.84. The molecule has 0 amide bonds. The second-order valence-electron chi connectivity index (χ2n) is 6.07. The van der Waals surface area contributed by atoms with Crippen molar-refractivity contribution in [3.63, 3.8) is 0 Å². The predicted molar refractivity (Wildman–Crippen MR) is 87.9 cm³/mol. The van der Waals surface area contributed by atoms with Crippen molar-refractivity contribution in [3.8, 4) is 0 Å². The maximum Gasteiger partial charge on any atom is 0.183 e. The van der Waals surface area contributed by atoms with E-state index in [0.717, 1.165) is 37.6 Å². The van der Waals surface area contributed by atoms with E-state index in [0.29, 0.717) is 6.04 Å². The smallest absolute Gasteiger partial charge is 0.183 e. The van der Waals surface area contributed by atoms with Crippen LogP contribution in [0.5, 0.6) is 0 Å². The summed E-state index contributed by atoms with van der Waals surface area (Å²) in [7, 11) is 0. The number of nitrogens with zero attached hydrogens (tertiary/aromatic N) is 2. The minimum Gasteiger partial charge on any atom is -0.359 e. The quantitative estimate of drug-likeness (QED) is 0.918. The lowest BCUT2D eigenvalue weighted by molar-refractivity contribution is 0.259. The number of rotatable bonds is 5. The van der Waals surface area contributed by atoms with Crippen molar-refractivity contribution in [1.82, 2.24) is 9.88 Å². The van der Waals surface area contributed by atoms with E-state index in [9.17, 15) is 0 Å². The van der Waals surface area contributed by atoms with Crippen LogP contribution < -0.4 is 5.32 Å². The van der Waals surface area contributed by atoms with Gasteiger partial charge in [0.1, 0.15) is 0 Å². The number of anilines is 1. The molecule has 1 aromatic carbocycles. The Morgan fingerprint density at radius 1 is 1.24 bits per heavy atom. The third kappa shape index (κ3) is 3.27. The zero-order chi connectivity index (χ0) is 14.1. The highest BCUT2D eigenvalue weighted by Gasteiger charge is 2.25. The molecule has 4 rings (SSSR count). The Hall–Kier alpha value is -1.39. The molecule has 0 spiro atoms. The van der Waals surface area contributed by atoms with Gasteiger partial charge in [0, 0.05) is 37.0 Å². The third-order valence-electron chi connectivity index (χ3n) is 4.27. The first-order valence-electron chi connectivity index (χ1n) is 7.88. The van der Waals surface area contributed by atoms with Crippen LogP contribution >= 0.6 is 11.3 Å². The Morgan fingerprint density at radius 3 is 2.90 bits per heavy atom. The standard InChI is InChI=1S/C17H21N3S/c1-2-4-13(5-3-1)8-10-20-11-9-15-16(12-20)21-17(19-15)18-14-6-7-14/h1-5,14H,6-12H2,(H,18,19). The van der Waals surface area contributed by atoms with E-state index in [4.69, 9.17) is 4.98 Å². The molecule has 2 heterocycles. The number of hydrogen-bond donors (Lipinski definition) is 1. The second kappa shape index (κ2) is 5.78. The van der Waals surface area contributed by atoms with E-state index in [1.54, 1.807) is 0 Å². The number of fused-ring (bicyclic) bond motifs is 1. The minimum absolute atomic E-state index is 0.701. The van der Waals surface area contributed by atoms with Crippen LogP contribution in [0.3, 0.4) is 0 Å². The van der Waals surface area contributed by atoms with E-state index in [-0.39, 0.29) is 0 Å². The summed E-state index contributed by atoms with van der Waals surface area (Å²) in [5.41, 5.74) is 2.77. The van der Waals surface area contributed by atoms with Crippen molar-refractivity contribution >= 4 is 16.5 Å². The maximum atomic E-state index is 4.76. The molecule has 3 nitrogen and oxygen atoms in total.